The van der Waals surface area contributed by atoms with Crippen molar-refractivity contribution in [1.82, 2.24) is 5.32 Å². The molecule has 0 spiro atoms. The van der Waals surface area contributed by atoms with Crippen molar-refractivity contribution < 1.29 is 14.6 Å². The number of carbonyl (C=O) groups excluding carboxylic acids is 1. The number of nitrogens with one attached hydrogen (secondary N) is 1. The Hall–Kier alpha value is -1.71. The molecule has 0 unspecified atom stereocenters. The Labute approximate surface area is 102 Å². The summed E-state index contributed by atoms with van der Waals surface area (Å²) >= 11 is 0. The van der Waals surface area contributed by atoms with Gasteiger partial charge in [-0.25, -0.2) is 0 Å². The van der Waals surface area contributed by atoms with Crippen LogP contribution in [0.4, 0.5) is 0 Å². The zero-order chi connectivity index (χ0) is 13.2. The van der Waals surface area contributed by atoms with Crippen LogP contribution in [-0.4, -0.2) is 23.7 Å². The molecule has 1 rings (SSSR count). The Morgan fingerprint density at radius 3 is 2.41 bits per heavy atom. The Balaban J connectivity index is 3.08. The van der Waals surface area contributed by atoms with Crippen molar-refractivity contribution in [2.45, 2.75) is 33.2 Å². The van der Waals surface area contributed by atoms with Gasteiger partial charge in [-0.1, -0.05) is 0 Å². The number of ether oxygens (including phenoxy) is 1. The van der Waals surface area contributed by atoms with Gasteiger partial charge in [-0.3, -0.25) is 4.79 Å². The Morgan fingerprint density at radius 2 is 1.94 bits per heavy atom. The van der Waals surface area contributed by atoms with Crippen LogP contribution in [0, 0.1) is 6.92 Å². The Kier molecular flexibility index (Phi) is 3.66. The second-order valence-electron chi connectivity index (χ2n) is 4.99. The van der Waals surface area contributed by atoms with Crippen LogP contribution in [0.2, 0.25) is 0 Å². The summed E-state index contributed by atoms with van der Waals surface area (Å²) in [6.45, 7) is 7.37. The van der Waals surface area contributed by atoms with Gasteiger partial charge in [0.05, 0.1) is 12.7 Å². The molecule has 0 heterocycles. The summed E-state index contributed by atoms with van der Waals surface area (Å²) in [4.78, 5) is 11.9. The van der Waals surface area contributed by atoms with Crippen molar-refractivity contribution in [2.75, 3.05) is 7.11 Å². The molecule has 1 aromatic rings. The van der Waals surface area contributed by atoms with Crippen LogP contribution in [0.15, 0.2) is 12.1 Å². The molecule has 0 fully saturated rings. The molecular weight excluding hydrogens is 218 g/mol. The summed E-state index contributed by atoms with van der Waals surface area (Å²) < 4.78 is 5.07. The third-order valence-corrected chi connectivity index (χ3v) is 2.33. The highest BCUT2D eigenvalue weighted by Gasteiger charge is 2.20. The van der Waals surface area contributed by atoms with Gasteiger partial charge in [0.25, 0.3) is 5.91 Å². The highest BCUT2D eigenvalue weighted by Crippen LogP contribution is 2.30. The third-order valence-electron chi connectivity index (χ3n) is 2.33. The van der Waals surface area contributed by atoms with E-state index in [-0.39, 0.29) is 22.8 Å². The van der Waals surface area contributed by atoms with Crippen LogP contribution >= 0.6 is 0 Å². The largest absolute Gasteiger partial charge is 0.507 e. The first kappa shape index (κ1) is 13.4. The first-order valence-electron chi connectivity index (χ1n) is 5.45. The summed E-state index contributed by atoms with van der Waals surface area (Å²) in [6, 6.07) is 3.23. The molecule has 1 amide bonds. The predicted molar refractivity (Wildman–Crippen MR) is 66.6 cm³/mol. The topological polar surface area (TPSA) is 58.6 Å². The summed E-state index contributed by atoms with van der Waals surface area (Å²) in [5.41, 5.74) is 0.490. The van der Waals surface area contributed by atoms with Gasteiger partial charge in [0.2, 0.25) is 0 Å². The summed E-state index contributed by atoms with van der Waals surface area (Å²) in [5.74, 6) is 0.238. The van der Waals surface area contributed by atoms with E-state index in [2.05, 4.69) is 5.32 Å². The fourth-order valence-corrected chi connectivity index (χ4v) is 1.49. The third kappa shape index (κ3) is 3.12. The van der Waals surface area contributed by atoms with E-state index in [1.807, 2.05) is 20.8 Å². The first-order valence-corrected chi connectivity index (χ1v) is 5.45. The minimum Gasteiger partial charge on any atom is -0.507 e. The molecule has 94 valence electrons. The maximum absolute atomic E-state index is 11.9. The normalized spacial score (nSPS) is 11.1. The highest BCUT2D eigenvalue weighted by molar-refractivity contribution is 5.97. The molecule has 2 N–H and O–H groups in total. The SMILES string of the molecule is COc1ccc(C(=O)NC(C)(C)C)c(O)c1C. The summed E-state index contributed by atoms with van der Waals surface area (Å²) in [7, 11) is 1.52. The number of hydrogen-bond acceptors (Lipinski definition) is 3. The van der Waals surface area contributed by atoms with Crippen LogP contribution in [0.25, 0.3) is 0 Å². The number of phenolic OH excluding ortho intramolecular Hbond substituents is 1. The van der Waals surface area contributed by atoms with E-state index in [1.54, 1.807) is 19.1 Å². The molecule has 0 aliphatic rings. The number of carbonyl (C=O) groups is 1. The lowest BCUT2D eigenvalue weighted by atomic mass is 10.0. The molecule has 0 radical (unpaired) electrons. The van der Waals surface area contributed by atoms with E-state index in [4.69, 9.17) is 4.74 Å². The average molecular weight is 237 g/mol. The van der Waals surface area contributed by atoms with E-state index in [1.165, 1.54) is 7.11 Å². The van der Waals surface area contributed by atoms with Gasteiger partial charge in [0.1, 0.15) is 11.5 Å². The molecule has 0 saturated heterocycles. The fraction of sp³-hybridized carbons (Fsp3) is 0.462. The fourth-order valence-electron chi connectivity index (χ4n) is 1.49. The number of benzene rings is 1. The maximum Gasteiger partial charge on any atom is 0.255 e. The maximum atomic E-state index is 11.9. The van der Waals surface area contributed by atoms with E-state index < -0.39 is 0 Å². The van der Waals surface area contributed by atoms with E-state index in [0.717, 1.165) is 0 Å². The van der Waals surface area contributed by atoms with Crippen molar-refractivity contribution in [1.29, 1.82) is 0 Å². The number of methoxy groups -OCH3 is 1. The molecule has 1 aromatic carbocycles. The van der Waals surface area contributed by atoms with Gasteiger partial charge in [0.15, 0.2) is 0 Å². The first-order chi connectivity index (χ1) is 7.76. The van der Waals surface area contributed by atoms with Crippen molar-refractivity contribution in [3.8, 4) is 11.5 Å². The number of aromatic hydroxyl groups is 1. The molecule has 0 aliphatic carbocycles. The van der Waals surface area contributed by atoms with Crippen molar-refractivity contribution >= 4 is 5.91 Å². The van der Waals surface area contributed by atoms with Crippen LogP contribution in [0.1, 0.15) is 36.7 Å². The average Bonchev–Trinajstić information content (AvgIpc) is 2.19. The van der Waals surface area contributed by atoms with Gasteiger partial charge in [-0.2, -0.15) is 0 Å². The zero-order valence-corrected chi connectivity index (χ0v) is 10.9. The predicted octanol–water partition coefficient (Wildman–Crippen LogP) is 2.24. The molecule has 0 aromatic heterocycles. The van der Waals surface area contributed by atoms with Crippen LogP contribution in [-0.2, 0) is 0 Å². The molecule has 0 bridgehead atoms. The van der Waals surface area contributed by atoms with Crippen molar-refractivity contribution in [3.05, 3.63) is 23.3 Å². The smallest absolute Gasteiger partial charge is 0.255 e. The highest BCUT2D eigenvalue weighted by atomic mass is 16.5. The molecular formula is C13H19NO3. The van der Waals surface area contributed by atoms with E-state index in [0.29, 0.717) is 11.3 Å². The number of hydrogen-bond donors (Lipinski definition) is 2. The molecule has 17 heavy (non-hydrogen) atoms. The quantitative estimate of drug-likeness (QED) is 0.829. The monoisotopic (exact) mass is 237 g/mol. The van der Waals surface area contributed by atoms with Gasteiger partial charge in [-0.05, 0) is 39.8 Å². The molecule has 4 heteroatoms. The standard InChI is InChI=1S/C13H19NO3/c1-8-10(17-5)7-6-9(11(8)15)12(16)14-13(2,3)4/h6-7,15H,1-5H3,(H,14,16). The van der Waals surface area contributed by atoms with E-state index >= 15 is 0 Å². The second-order valence-corrected chi connectivity index (χ2v) is 4.99. The second kappa shape index (κ2) is 4.65. The van der Waals surface area contributed by atoms with Crippen molar-refractivity contribution in [2.24, 2.45) is 0 Å². The molecule has 0 atom stereocenters. The minimum absolute atomic E-state index is 0.0360. The molecule has 4 nitrogen and oxygen atoms in total. The number of phenols is 1. The van der Waals surface area contributed by atoms with Crippen LogP contribution < -0.4 is 10.1 Å². The zero-order valence-electron chi connectivity index (χ0n) is 10.9. The lowest BCUT2D eigenvalue weighted by Gasteiger charge is -2.21. The van der Waals surface area contributed by atoms with Crippen LogP contribution in [0.3, 0.4) is 0 Å². The van der Waals surface area contributed by atoms with E-state index in [9.17, 15) is 9.90 Å². The Bertz CT molecular complexity index is 433. The Morgan fingerprint density at radius 1 is 1.35 bits per heavy atom. The van der Waals surface area contributed by atoms with Gasteiger partial charge in [-0.15, -0.1) is 0 Å². The van der Waals surface area contributed by atoms with Crippen molar-refractivity contribution in [3.63, 3.8) is 0 Å². The van der Waals surface area contributed by atoms with Crippen LogP contribution in [0.5, 0.6) is 11.5 Å². The van der Waals surface area contributed by atoms with Gasteiger partial charge < -0.3 is 15.2 Å². The van der Waals surface area contributed by atoms with Gasteiger partial charge >= 0.3 is 0 Å². The lowest BCUT2D eigenvalue weighted by molar-refractivity contribution is 0.0916. The number of amides is 1. The molecule has 0 saturated carbocycles. The number of rotatable bonds is 2. The summed E-state index contributed by atoms with van der Waals surface area (Å²) in [5, 5.41) is 12.7. The molecule has 0 aliphatic heterocycles. The van der Waals surface area contributed by atoms with Gasteiger partial charge in [0, 0.05) is 11.1 Å². The summed E-state index contributed by atoms with van der Waals surface area (Å²) in [6.07, 6.45) is 0. The minimum atomic E-state index is -0.336. The lowest BCUT2D eigenvalue weighted by Crippen LogP contribution is -2.40.